The largest absolute Gasteiger partial charge is 0.372 e. The number of likely N-dealkylation sites (tertiary alicyclic amines) is 1. The number of hydrogen-bond acceptors (Lipinski definition) is 3. The van der Waals surface area contributed by atoms with E-state index in [0.717, 1.165) is 32.0 Å². The topological polar surface area (TPSA) is 38.5 Å². The van der Waals surface area contributed by atoms with Crippen molar-refractivity contribution in [3.05, 3.63) is 35.4 Å². The van der Waals surface area contributed by atoms with Gasteiger partial charge in [-0.05, 0) is 31.0 Å². The summed E-state index contributed by atoms with van der Waals surface area (Å²) < 4.78 is 33.0. The van der Waals surface area contributed by atoms with Gasteiger partial charge in [0.1, 0.15) is 11.6 Å². The smallest absolute Gasteiger partial charge is 0.128 e. The van der Waals surface area contributed by atoms with E-state index >= 15 is 0 Å². The van der Waals surface area contributed by atoms with Crippen LogP contribution in [0.2, 0.25) is 0 Å². The Morgan fingerprint density at radius 2 is 1.95 bits per heavy atom. The van der Waals surface area contributed by atoms with E-state index in [-0.39, 0.29) is 24.8 Å². The highest BCUT2D eigenvalue weighted by Gasteiger charge is 2.37. The molecular weight excluding hydrogens is 250 g/mol. The molecule has 5 heteroatoms. The second-order valence-electron chi connectivity index (χ2n) is 5.33. The van der Waals surface area contributed by atoms with E-state index in [0.29, 0.717) is 5.56 Å². The van der Waals surface area contributed by atoms with E-state index in [1.807, 2.05) is 0 Å². The number of benzene rings is 1. The molecule has 0 spiro atoms. The Hall–Kier alpha value is -1.04. The standard InChI is InChI=1S/C14H18F2N2O/c15-9-1-4-13(16)12(5-9)14(6-17)18-7-10-2-3-11(8-18)19-10/h1,4-5,10-11,14H,2-3,6-8,17H2. The summed E-state index contributed by atoms with van der Waals surface area (Å²) >= 11 is 0. The Labute approximate surface area is 111 Å². The van der Waals surface area contributed by atoms with Crippen molar-refractivity contribution >= 4 is 0 Å². The second-order valence-corrected chi connectivity index (χ2v) is 5.33. The quantitative estimate of drug-likeness (QED) is 0.909. The van der Waals surface area contributed by atoms with Crippen LogP contribution in [-0.2, 0) is 4.74 Å². The third-order valence-electron chi connectivity index (χ3n) is 4.05. The van der Waals surface area contributed by atoms with Crippen molar-refractivity contribution in [3.63, 3.8) is 0 Å². The minimum absolute atomic E-state index is 0.212. The molecule has 3 rings (SSSR count). The minimum Gasteiger partial charge on any atom is -0.372 e. The Morgan fingerprint density at radius 1 is 1.26 bits per heavy atom. The molecule has 2 heterocycles. The van der Waals surface area contributed by atoms with E-state index in [2.05, 4.69) is 4.90 Å². The maximum Gasteiger partial charge on any atom is 0.128 e. The van der Waals surface area contributed by atoms with Gasteiger partial charge in [0.25, 0.3) is 0 Å². The van der Waals surface area contributed by atoms with Gasteiger partial charge in [0.2, 0.25) is 0 Å². The predicted octanol–water partition coefficient (Wildman–Crippen LogP) is 1.83. The molecule has 2 saturated heterocycles. The van der Waals surface area contributed by atoms with Gasteiger partial charge in [0, 0.05) is 25.2 Å². The molecule has 0 amide bonds. The monoisotopic (exact) mass is 268 g/mol. The Morgan fingerprint density at radius 3 is 2.58 bits per heavy atom. The average Bonchev–Trinajstić information content (AvgIpc) is 2.74. The lowest BCUT2D eigenvalue weighted by atomic mass is 10.0. The minimum atomic E-state index is -0.425. The molecule has 0 aliphatic carbocycles. The van der Waals surface area contributed by atoms with Crippen LogP contribution in [0.4, 0.5) is 8.78 Å². The van der Waals surface area contributed by atoms with Crippen LogP contribution in [0.25, 0.3) is 0 Å². The maximum atomic E-state index is 13.9. The van der Waals surface area contributed by atoms with E-state index < -0.39 is 11.6 Å². The summed E-state index contributed by atoms with van der Waals surface area (Å²) in [5, 5.41) is 0. The first-order chi connectivity index (χ1) is 9.17. The van der Waals surface area contributed by atoms with Crippen molar-refractivity contribution in [1.82, 2.24) is 4.90 Å². The highest BCUT2D eigenvalue weighted by molar-refractivity contribution is 5.23. The van der Waals surface area contributed by atoms with Crippen LogP contribution in [0.15, 0.2) is 18.2 Å². The highest BCUT2D eigenvalue weighted by Crippen LogP contribution is 2.32. The fourth-order valence-electron chi connectivity index (χ4n) is 3.14. The summed E-state index contributed by atoms with van der Waals surface area (Å²) in [6, 6.07) is 3.28. The molecule has 3 atom stereocenters. The van der Waals surface area contributed by atoms with Gasteiger partial charge in [-0.1, -0.05) is 0 Å². The normalized spacial score (nSPS) is 28.6. The lowest BCUT2D eigenvalue weighted by molar-refractivity contribution is -0.0525. The van der Waals surface area contributed by atoms with Crippen LogP contribution >= 0.6 is 0 Å². The zero-order valence-electron chi connectivity index (χ0n) is 10.7. The lowest BCUT2D eigenvalue weighted by Gasteiger charge is -2.37. The number of nitrogens with two attached hydrogens (primary N) is 1. The summed E-state index contributed by atoms with van der Waals surface area (Å²) in [7, 11) is 0. The van der Waals surface area contributed by atoms with Crippen LogP contribution in [0.3, 0.4) is 0 Å². The summed E-state index contributed by atoms with van der Waals surface area (Å²) in [5.41, 5.74) is 6.15. The molecule has 2 fully saturated rings. The first-order valence-electron chi connectivity index (χ1n) is 6.72. The van der Waals surface area contributed by atoms with Crippen molar-refractivity contribution in [1.29, 1.82) is 0 Å². The van der Waals surface area contributed by atoms with E-state index in [9.17, 15) is 8.78 Å². The zero-order chi connectivity index (χ0) is 13.4. The molecule has 3 unspecified atom stereocenters. The fraction of sp³-hybridized carbons (Fsp3) is 0.571. The zero-order valence-corrected chi connectivity index (χ0v) is 10.7. The summed E-state index contributed by atoms with van der Waals surface area (Å²) in [6.45, 7) is 1.77. The molecule has 2 N–H and O–H groups in total. The van der Waals surface area contributed by atoms with E-state index in [1.54, 1.807) is 0 Å². The number of hydrogen-bond donors (Lipinski definition) is 1. The van der Waals surface area contributed by atoms with Gasteiger partial charge in [-0.15, -0.1) is 0 Å². The first-order valence-corrected chi connectivity index (χ1v) is 6.72. The molecule has 0 saturated carbocycles. The molecule has 0 radical (unpaired) electrons. The second kappa shape index (κ2) is 5.15. The number of nitrogens with zero attached hydrogens (tertiary/aromatic N) is 1. The van der Waals surface area contributed by atoms with Gasteiger partial charge in [0.05, 0.1) is 18.2 Å². The number of ether oxygens (including phenoxy) is 1. The average molecular weight is 268 g/mol. The van der Waals surface area contributed by atoms with Crippen molar-refractivity contribution < 1.29 is 13.5 Å². The molecule has 1 aromatic rings. The van der Waals surface area contributed by atoms with Gasteiger partial charge in [-0.25, -0.2) is 8.78 Å². The van der Waals surface area contributed by atoms with Crippen molar-refractivity contribution in [2.45, 2.75) is 31.1 Å². The van der Waals surface area contributed by atoms with Gasteiger partial charge in [-0.3, -0.25) is 4.90 Å². The predicted molar refractivity (Wildman–Crippen MR) is 67.6 cm³/mol. The van der Waals surface area contributed by atoms with Crippen LogP contribution in [0.1, 0.15) is 24.4 Å². The number of rotatable bonds is 3. The molecule has 0 aromatic heterocycles. The summed E-state index contributed by atoms with van der Waals surface area (Å²) in [4.78, 5) is 2.13. The SMILES string of the molecule is NCC(c1cc(F)ccc1F)N1CC2CCC(C1)O2. The molecule has 2 bridgehead atoms. The van der Waals surface area contributed by atoms with E-state index in [4.69, 9.17) is 10.5 Å². The molecule has 3 nitrogen and oxygen atoms in total. The van der Waals surface area contributed by atoms with Gasteiger partial charge in [-0.2, -0.15) is 0 Å². The van der Waals surface area contributed by atoms with Gasteiger partial charge < -0.3 is 10.5 Å². The summed E-state index contributed by atoms with van der Waals surface area (Å²) in [6.07, 6.45) is 2.52. The van der Waals surface area contributed by atoms with Crippen LogP contribution in [0, 0.1) is 11.6 Å². The lowest BCUT2D eigenvalue weighted by Crippen LogP contribution is -2.46. The Bertz CT molecular complexity index is 457. The molecule has 2 aliphatic heterocycles. The highest BCUT2D eigenvalue weighted by atomic mass is 19.1. The molecule has 19 heavy (non-hydrogen) atoms. The molecular formula is C14H18F2N2O. The first kappa shape index (κ1) is 13.0. The molecule has 2 aliphatic rings. The van der Waals surface area contributed by atoms with Crippen LogP contribution in [-0.4, -0.2) is 36.7 Å². The summed E-state index contributed by atoms with van der Waals surface area (Å²) in [5.74, 6) is -0.818. The van der Waals surface area contributed by atoms with Crippen molar-refractivity contribution in [3.8, 4) is 0 Å². The van der Waals surface area contributed by atoms with Crippen molar-refractivity contribution in [2.24, 2.45) is 5.73 Å². The van der Waals surface area contributed by atoms with Crippen LogP contribution < -0.4 is 5.73 Å². The van der Waals surface area contributed by atoms with E-state index in [1.165, 1.54) is 12.1 Å². The van der Waals surface area contributed by atoms with Crippen molar-refractivity contribution in [2.75, 3.05) is 19.6 Å². The van der Waals surface area contributed by atoms with Crippen LogP contribution in [0.5, 0.6) is 0 Å². The van der Waals surface area contributed by atoms with Gasteiger partial charge >= 0.3 is 0 Å². The molecule has 1 aromatic carbocycles. The molecule has 104 valence electrons. The third kappa shape index (κ3) is 2.50. The Balaban J connectivity index is 1.85. The third-order valence-corrected chi connectivity index (χ3v) is 4.05. The Kier molecular flexibility index (Phi) is 3.52. The maximum absolute atomic E-state index is 13.9. The number of morpholine rings is 1. The van der Waals surface area contributed by atoms with Gasteiger partial charge in [0.15, 0.2) is 0 Å². The number of halogens is 2. The number of fused-ring (bicyclic) bond motifs is 2. The fourth-order valence-corrected chi connectivity index (χ4v) is 3.14.